The number of aryl methyl sites for hydroxylation is 1. The molecule has 168 valence electrons. The van der Waals surface area contributed by atoms with Crippen LogP contribution in [0.3, 0.4) is 0 Å². The molecule has 5 heteroatoms. The zero-order chi connectivity index (χ0) is 22.9. The Hall–Kier alpha value is -3.57. The van der Waals surface area contributed by atoms with Gasteiger partial charge in [0, 0.05) is 24.2 Å². The van der Waals surface area contributed by atoms with Crippen LogP contribution in [0, 0.1) is 13.8 Å². The summed E-state index contributed by atoms with van der Waals surface area (Å²) in [5.41, 5.74) is 5.88. The highest BCUT2D eigenvalue weighted by molar-refractivity contribution is 6.15. The van der Waals surface area contributed by atoms with Gasteiger partial charge in [-0.3, -0.25) is 9.69 Å². The third-order valence-electron chi connectivity index (χ3n) is 6.22. The van der Waals surface area contributed by atoms with E-state index in [2.05, 4.69) is 17.0 Å². The molecule has 33 heavy (non-hydrogen) atoms. The summed E-state index contributed by atoms with van der Waals surface area (Å²) in [6, 6.07) is 18.1. The number of ketones is 1. The van der Waals surface area contributed by atoms with Crippen molar-refractivity contribution in [3.8, 4) is 17.2 Å². The third-order valence-corrected chi connectivity index (χ3v) is 6.22. The molecule has 2 aliphatic heterocycles. The molecule has 0 N–H and O–H groups in total. The van der Waals surface area contributed by atoms with E-state index in [9.17, 15) is 4.79 Å². The van der Waals surface area contributed by atoms with Gasteiger partial charge < -0.3 is 14.2 Å². The number of benzene rings is 3. The van der Waals surface area contributed by atoms with Gasteiger partial charge in [-0.25, -0.2) is 0 Å². The first-order valence-electron chi connectivity index (χ1n) is 11.2. The first kappa shape index (κ1) is 21.3. The van der Waals surface area contributed by atoms with E-state index in [4.69, 9.17) is 14.2 Å². The van der Waals surface area contributed by atoms with Crippen LogP contribution in [0.2, 0.25) is 0 Å². The van der Waals surface area contributed by atoms with Gasteiger partial charge in [0.05, 0.1) is 12.7 Å². The van der Waals surface area contributed by atoms with Crippen molar-refractivity contribution in [1.82, 2.24) is 4.90 Å². The van der Waals surface area contributed by atoms with Gasteiger partial charge in [0.1, 0.15) is 24.0 Å². The first-order chi connectivity index (χ1) is 16.0. The maximum absolute atomic E-state index is 13.1. The van der Waals surface area contributed by atoms with Crippen LogP contribution in [0.25, 0.3) is 6.08 Å². The smallest absolute Gasteiger partial charge is 0.231 e. The van der Waals surface area contributed by atoms with Crippen LogP contribution >= 0.6 is 0 Å². The van der Waals surface area contributed by atoms with Gasteiger partial charge in [0.15, 0.2) is 5.76 Å². The van der Waals surface area contributed by atoms with E-state index in [-0.39, 0.29) is 5.78 Å². The summed E-state index contributed by atoms with van der Waals surface area (Å²) in [5, 5.41) is 0. The van der Waals surface area contributed by atoms with Crippen LogP contribution in [0.15, 0.2) is 60.4 Å². The van der Waals surface area contributed by atoms with E-state index in [1.807, 2.05) is 62.4 Å². The lowest BCUT2D eigenvalue weighted by Crippen LogP contribution is -2.34. The monoisotopic (exact) mass is 441 g/mol. The Morgan fingerprint density at radius 2 is 1.88 bits per heavy atom. The topological polar surface area (TPSA) is 48.0 Å². The Balaban J connectivity index is 1.33. The standard InChI is InChI=1S/C28H27NO4/c1-18-5-4-6-21(13-18)14-25-26(30)24-15-22-16-29(17-32-27(22)19(2)28(24)33-25)12-11-20-7-9-23(31-3)10-8-20/h4-10,13-15H,11-12,16-17H2,1-3H3/b25-14-. The summed E-state index contributed by atoms with van der Waals surface area (Å²) in [4.78, 5) is 15.4. The van der Waals surface area contributed by atoms with Crippen molar-refractivity contribution in [3.63, 3.8) is 0 Å². The molecule has 0 aromatic heterocycles. The van der Waals surface area contributed by atoms with E-state index in [1.165, 1.54) is 5.56 Å². The molecule has 0 amide bonds. The highest BCUT2D eigenvalue weighted by Crippen LogP contribution is 2.43. The lowest BCUT2D eigenvalue weighted by Gasteiger charge is -2.30. The summed E-state index contributed by atoms with van der Waals surface area (Å²) < 4.78 is 17.4. The molecule has 2 aliphatic rings. The predicted molar refractivity (Wildman–Crippen MR) is 128 cm³/mol. The summed E-state index contributed by atoms with van der Waals surface area (Å²) in [5.74, 6) is 2.59. The summed E-state index contributed by atoms with van der Waals surface area (Å²) in [6.07, 6.45) is 2.73. The Morgan fingerprint density at radius 1 is 1.06 bits per heavy atom. The van der Waals surface area contributed by atoms with E-state index in [1.54, 1.807) is 7.11 Å². The normalized spacial score (nSPS) is 16.2. The molecule has 0 saturated carbocycles. The quantitative estimate of drug-likeness (QED) is 0.502. The predicted octanol–water partition coefficient (Wildman–Crippen LogP) is 5.32. The average molecular weight is 442 g/mol. The van der Waals surface area contributed by atoms with Gasteiger partial charge >= 0.3 is 0 Å². The molecule has 0 fully saturated rings. The summed E-state index contributed by atoms with van der Waals surface area (Å²) >= 11 is 0. The van der Waals surface area contributed by atoms with E-state index < -0.39 is 0 Å². The molecule has 0 atom stereocenters. The second kappa shape index (κ2) is 8.75. The van der Waals surface area contributed by atoms with E-state index in [0.717, 1.165) is 53.3 Å². The van der Waals surface area contributed by atoms with E-state index >= 15 is 0 Å². The van der Waals surface area contributed by atoms with Crippen molar-refractivity contribution in [1.29, 1.82) is 0 Å². The van der Waals surface area contributed by atoms with Gasteiger partial charge in [-0.05, 0) is 55.7 Å². The lowest BCUT2D eigenvalue weighted by atomic mass is 9.99. The number of hydrogen-bond donors (Lipinski definition) is 0. The maximum Gasteiger partial charge on any atom is 0.231 e. The highest BCUT2D eigenvalue weighted by Gasteiger charge is 2.33. The zero-order valence-corrected chi connectivity index (χ0v) is 19.2. The molecule has 3 aromatic carbocycles. The van der Waals surface area contributed by atoms with Crippen LogP contribution in [-0.4, -0.2) is 31.1 Å². The fourth-order valence-corrected chi connectivity index (χ4v) is 4.43. The molecular formula is C28H27NO4. The van der Waals surface area contributed by atoms with Crippen LogP contribution in [0.1, 0.15) is 38.2 Å². The fourth-order valence-electron chi connectivity index (χ4n) is 4.43. The van der Waals surface area contributed by atoms with Crippen LogP contribution in [0.5, 0.6) is 17.2 Å². The number of carbonyl (C=O) groups excluding carboxylic acids is 1. The third kappa shape index (κ3) is 4.24. The van der Waals surface area contributed by atoms with Gasteiger partial charge in [0.2, 0.25) is 5.78 Å². The number of rotatable bonds is 5. The Labute approximate surface area is 194 Å². The van der Waals surface area contributed by atoms with Crippen molar-refractivity contribution in [2.24, 2.45) is 0 Å². The summed E-state index contributed by atoms with van der Waals surface area (Å²) in [6.45, 7) is 6.12. The van der Waals surface area contributed by atoms with Crippen molar-refractivity contribution < 1.29 is 19.0 Å². The van der Waals surface area contributed by atoms with Gasteiger partial charge in [-0.1, -0.05) is 42.0 Å². The van der Waals surface area contributed by atoms with Crippen LogP contribution < -0.4 is 14.2 Å². The van der Waals surface area contributed by atoms with Crippen molar-refractivity contribution in [2.45, 2.75) is 26.8 Å². The lowest BCUT2D eigenvalue weighted by molar-refractivity contribution is 0.0954. The second-order valence-corrected chi connectivity index (χ2v) is 8.64. The second-order valence-electron chi connectivity index (χ2n) is 8.64. The average Bonchev–Trinajstić information content (AvgIpc) is 3.13. The van der Waals surface area contributed by atoms with Crippen molar-refractivity contribution >= 4 is 11.9 Å². The molecule has 0 spiro atoms. The molecule has 0 radical (unpaired) electrons. The minimum atomic E-state index is -0.0761. The molecule has 0 unspecified atom stereocenters. The Kier molecular flexibility index (Phi) is 5.65. The molecule has 2 heterocycles. The number of nitrogens with zero attached hydrogens (tertiary/aromatic N) is 1. The molecular weight excluding hydrogens is 414 g/mol. The zero-order valence-electron chi connectivity index (χ0n) is 19.2. The highest BCUT2D eigenvalue weighted by atomic mass is 16.5. The Morgan fingerprint density at radius 3 is 2.64 bits per heavy atom. The fraction of sp³-hybridized carbons (Fsp3) is 0.250. The van der Waals surface area contributed by atoms with Gasteiger partial charge in [-0.2, -0.15) is 0 Å². The minimum absolute atomic E-state index is 0.0761. The first-order valence-corrected chi connectivity index (χ1v) is 11.2. The maximum atomic E-state index is 13.1. The van der Waals surface area contributed by atoms with Gasteiger partial charge in [0.25, 0.3) is 0 Å². The van der Waals surface area contributed by atoms with Crippen molar-refractivity contribution in [3.05, 3.63) is 93.7 Å². The van der Waals surface area contributed by atoms with E-state index in [0.29, 0.717) is 23.8 Å². The van der Waals surface area contributed by atoms with Gasteiger partial charge in [-0.15, -0.1) is 0 Å². The largest absolute Gasteiger partial charge is 0.497 e. The SMILES string of the molecule is COc1ccc(CCN2COc3c(cc4c(c3C)O/C(=C\c3cccc(C)c3)C4=O)C2)cc1. The van der Waals surface area contributed by atoms with Crippen LogP contribution in [0.4, 0.5) is 0 Å². The summed E-state index contributed by atoms with van der Waals surface area (Å²) in [7, 11) is 1.67. The molecule has 0 bridgehead atoms. The molecule has 3 aromatic rings. The Bertz CT molecular complexity index is 1240. The van der Waals surface area contributed by atoms with Crippen LogP contribution in [-0.2, 0) is 13.0 Å². The number of ether oxygens (including phenoxy) is 3. The number of fused-ring (bicyclic) bond motifs is 2. The minimum Gasteiger partial charge on any atom is -0.497 e. The molecule has 0 saturated heterocycles. The number of methoxy groups -OCH3 is 1. The molecule has 0 aliphatic carbocycles. The van der Waals surface area contributed by atoms with Crippen molar-refractivity contribution in [2.75, 3.05) is 20.4 Å². The number of Topliss-reactive ketones (excluding diaryl/α,β-unsaturated/α-hetero) is 1. The number of carbonyl (C=O) groups is 1. The molecule has 5 rings (SSSR count). The number of hydrogen-bond acceptors (Lipinski definition) is 5. The molecule has 5 nitrogen and oxygen atoms in total. The number of allylic oxidation sites excluding steroid dienone is 1.